The molecule has 2 amide bonds. The van der Waals surface area contributed by atoms with Crippen LogP contribution in [0.3, 0.4) is 0 Å². The van der Waals surface area contributed by atoms with Gasteiger partial charge >= 0.3 is 6.18 Å². The Balaban J connectivity index is 1.69. The van der Waals surface area contributed by atoms with Crippen LogP contribution in [0.1, 0.15) is 31.7 Å². The summed E-state index contributed by atoms with van der Waals surface area (Å²) in [6.45, 7) is 3.49. The summed E-state index contributed by atoms with van der Waals surface area (Å²) in [5.41, 5.74) is -0.649. The van der Waals surface area contributed by atoms with Crippen LogP contribution in [-0.4, -0.2) is 35.1 Å². The average Bonchev–Trinajstić information content (AvgIpc) is 2.54. The highest BCUT2D eigenvalue weighted by atomic mass is 32.2. The molecular formula is C17H19F3N2O2S. The van der Waals surface area contributed by atoms with Gasteiger partial charge in [0.2, 0.25) is 11.8 Å². The van der Waals surface area contributed by atoms with Gasteiger partial charge in [-0.2, -0.15) is 13.2 Å². The van der Waals surface area contributed by atoms with Gasteiger partial charge in [0.05, 0.1) is 16.5 Å². The molecule has 0 aliphatic carbocycles. The summed E-state index contributed by atoms with van der Waals surface area (Å²) >= 11 is 1.15. The molecule has 2 aliphatic rings. The van der Waals surface area contributed by atoms with Crippen molar-refractivity contribution in [3.05, 3.63) is 23.8 Å². The van der Waals surface area contributed by atoms with E-state index in [0.717, 1.165) is 36.7 Å². The van der Waals surface area contributed by atoms with Gasteiger partial charge in [-0.05, 0) is 37.0 Å². The maximum atomic E-state index is 12.8. The van der Waals surface area contributed by atoms with Crippen LogP contribution in [0, 0.1) is 5.92 Å². The summed E-state index contributed by atoms with van der Waals surface area (Å²) in [6, 6.07) is 3.28. The number of hydrogen-bond acceptors (Lipinski definition) is 3. The standard InChI is InChI=1S/C17H19F3N2O2S/c1-10-3-2-6-22(9-10)15(23)8-14-16(24)21-12-7-11(17(18,19)20)4-5-13(12)25-14/h4-5,7,10,14H,2-3,6,8-9H2,1H3,(H,21,24)/t10-,14+/m0/s1. The molecular weight excluding hydrogens is 353 g/mol. The minimum Gasteiger partial charge on any atom is -0.342 e. The highest BCUT2D eigenvalue weighted by Crippen LogP contribution is 2.40. The van der Waals surface area contributed by atoms with Crippen molar-refractivity contribution < 1.29 is 22.8 Å². The van der Waals surface area contributed by atoms with E-state index in [2.05, 4.69) is 12.2 Å². The molecule has 0 aromatic heterocycles. The van der Waals surface area contributed by atoms with Gasteiger partial charge in [0.25, 0.3) is 0 Å². The first kappa shape index (κ1) is 18.1. The molecule has 4 nitrogen and oxygen atoms in total. The Hall–Kier alpha value is -1.70. The van der Waals surface area contributed by atoms with E-state index in [9.17, 15) is 22.8 Å². The first-order valence-electron chi connectivity index (χ1n) is 8.20. The normalized spacial score (nSPS) is 23.8. The van der Waals surface area contributed by atoms with Gasteiger partial charge in [-0.3, -0.25) is 9.59 Å². The Labute approximate surface area is 148 Å². The quantitative estimate of drug-likeness (QED) is 0.860. The van der Waals surface area contributed by atoms with Gasteiger partial charge in [-0.15, -0.1) is 11.8 Å². The molecule has 3 rings (SSSR count). The van der Waals surface area contributed by atoms with Gasteiger partial charge in [0, 0.05) is 24.4 Å². The molecule has 1 fully saturated rings. The number of hydrogen-bond donors (Lipinski definition) is 1. The predicted molar refractivity (Wildman–Crippen MR) is 89.3 cm³/mol. The van der Waals surface area contributed by atoms with Crippen molar-refractivity contribution >= 4 is 29.3 Å². The number of thioether (sulfide) groups is 1. The Kier molecular flexibility index (Phi) is 4.99. The minimum atomic E-state index is -4.46. The van der Waals surface area contributed by atoms with E-state index in [4.69, 9.17) is 0 Å². The number of amides is 2. The topological polar surface area (TPSA) is 49.4 Å². The smallest absolute Gasteiger partial charge is 0.342 e. The lowest BCUT2D eigenvalue weighted by molar-refractivity contribution is -0.137. The Morgan fingerprint density at radius 3 is 2.84 bits per heavy atom. The summed E-state index contributed by atoms with van der Waals surface area (Å²) in [6.07, 6.45) is -2.34. The number of nitrogens with zero attached hydrogens (tertiary/aromatic N) is 1. The van der Waals surface area contributed by atoms with Gasteiger partial charge in [0.1, 0.15) is 0 Å². The van der Waals surface area contributed by atoms with Crippen LogP contribution < -0.4 is 5.32 Å². The number of likely N-dealkylation sites (tertiary alicyclic amines) is 1. The lowest BCUT2D eigenvalue weighted by Crippen LogP contribution is -2.42. The zero-order chi connectivity index (χ0) is 18.2. The molecule has 0 radical (unpaired) electrons. The van der Waals surface area contributed by atoms with Gasteiger partial charge in [0.15, 0.2) is 0 Å². The van der Waals surface area contributed by atoms with Crippen LogP contribution in [-0.2, 0) is 15.8 Å². The Morgan fingerprint density at radius 2 is 2.16 bits per heavy atom. The van der Waals surface area contributed by atoms with E-state index in [1.54, 1.807) is 4.90 Å². The molecule has 1 saturated heterocycles. The van der Waals surface area contributed by atoms with E-state index in [-0.39, 0.29) is 18.0 Å². The molecule has 0 saturated carbocycles. The minimum absolute atomic E-state index is 0.0592. The van der Waals surface area contributed by atoms with E-state index in [1.807, 2.05) is 0 Å². The number of benzene rings is 1. The zero-order valence-electron chi connectivity index (χ0n) is 13.7. The van der Waals surface area contributed by atoms with Crippen molar-refractivity contribution in [1.29, 1.82) is 0 Å². The van der Waals surface area contributed by atoms with Gasteiger partial charge < -0.3 is 10.2 Å². The maximum Gasteiger partial charge on any atom is 0.416 e. The van der Waals surface area contributed by atoms with E-state index >= 15 is 0 Å². The second kappa shape index (κ2) is 6.90. The van der Waals surface area contributed by atoms with Crippen LogP contribution in [0.25, 0.3) is 0 Å². The number of alkyl halides is 3. The summed E-state index contributed by atoms with van der Waals surface area (Å²) in [7, 11) is 0. The molecule has 0 bridgehead atoms. The number of anilines is 1. The highest BCUT2D eigenvalue weighted by molar-refractivity contribution is 8.01. The third-order valence-corrected chi connectivity index (χ3v) is 5.77. The number of carbonyl (C=O) groups excluding carboxylic acids is 2. The van der Waals surface area contributed by atoms with Gasteiger partial charge in [-0.1, -0.05) is 6.92 Å². The van der Waals surface area contributed by atoms with Crippen molar-refractivity contribution in [1.82, 2.24) is 4.90 Å². The van der Waals surface area contributed by atoms with Gasteiger partial charge in [-0.25, -0.2) is 0 Å². The lowest BCUT2D eigenvalue weighted by Gasteiger charge is -2.32. The van der Waals surface area contributed by atoms with Crippen LogP contribution >= 0.6 is 11.8 Å². The number of rotatable bonds is 2. The average molecular weight is 372 g/mol. The highest BCUT2D eigenvalue weighted by Gasteiger charge is 2.35. The second-order valence-electron chi connectivity index (χ2n) is 6.60. The second-order valence-corrected chi connectivity index (χ2v) is 7.84. The Morgan fingerprint density at radius 1 is 1.40 bits per heavy atom. The molecule has 0 unspecified atom stereocenters. The maximum absolute atomic E-state index is 12.8. The van der Waals surface area contributed by atoms with Crippen LogP contribution in [0.4, 0.5) is 18.9 Å². The van der Waals surface area contributed by atoms with Crippen molar-refractivity contribution in [2.24, 2.45) is 5.92 Å². The predicted octanol–water partition coefficient (Wildman–Crippen LogP) is 3.77. The van der Waals surface area contributed by atoms with Crippen molar-refractivity contribution in [3.63, 3.8) is 0 Å². The first-order chi connectivity index (χ1) is 11.7. The Bertz CT molecular complexity index is 693. The largest absolute Gasteiger partial charge is 0.416 e. The fourth-order valence-electron chi connectivity index (χ4n) is 3.16. The number of nitrogens with one attached hydrogen (secondary N) is 1. The third kappa shape index (κ3) is 4.11. The van der Waals surface area contributed by atoms with Crippen molar-refractivity contribution in [2.45, 2.75) is 42.5 Å². The van der Waals surface area contributed by atoms with Crippen molar-refractivity contribution in [2.75, 3.05) is 18.4 Å². The summed E-state index contributed by atoms with van der Waals surface area (Å²) in [4.78, 5) is 27.0. The number of halogens is 3. The SMILES string of the molecule is C[C@H]1CCCN(C(=O)C[C@H]2Sc3ccc(C(F)(F)F)cc3NC2=O)C1. The molecule has 8 heteroatoms. The zero-order valence-corrected chi connectivity index (χ0v) is 14.5. The third-order valence-electron chi connectivity index (χ3n) is 4.50. The fourth-order valence-corrected chi connectivity index (χ4v) is 4.25. The molecule has 136 valence electrons. The van der Waals surface area contributed by atoms with E-state index in [1.165, 1.54) is 6.07 Å². The molecule has 1 aromatic carbocycles. The van der Waals surface area contributed by atoms with Crippen LogP contribution in [0.2, 0.25) is 0 Å². The number of carbonyl (C=O) groups is 2. The van der Waals surface area contributed by atoms with Crippen LogP contribution in [0.15, 0.2) is 23.1 Å². The molecule has 1 N–H and O–H groups in total. The first-order valence-corrected chi connectivity index (χ1v) is 9.08. The molecule has 0 spiro atoms. The van der Waals surface area contributed by atoms with Crippen LogP contribution in [0.5, 0.6) is 0 Å². The number of fused-ring (bicyclic) bond motifs is 1. The fraction of sp³-hybridized carbons (Fsp3) is 0.529. The van der Waals surface area contributed by atoms with E-state index < -0.39 is 22.9 Å². The monoisotopic (exact) mass is 372 g/mol. The van der Waals surface area contributed by atoms with Crippen molar-refractivity contribution in [3.8, 4) is 0 Å². The lowest BCUT2D eigenvalue weighted by atomic mass is 10.00. The summed E-state index contributed by atoms with van der Waals surface area (Å²) in [5.74, 6) is -0.0446. The molecule has 1 aromatic rings. The molecule has 2 heterocycles. The molecule has 25 heavy (non-hydrogen) atoms. The summed E-state index contributed by atoms with van der Waals surface area (Å²) < 4.78 is 38.3. The number of piperidine rings is 1. The molecule has 2 aliphatic heterocycles. The van der Waals surface area contributed by atoms with E-state index in [0.29, 0.717) is 23.9 Å². The summed E-state index contributed by atoms with van der Waals surface area (Å²) in [5, 5.41) is 1.89. The molecule has 2 atom stereocenters.